The molecule has 80 valence electrons. The van der Waals surface area contributed by atoms with Gasteiger partial charge in [0.25, 0.3) is 0 Å². The van der Waals surface area contributed by atoms with Crippen LogP contribution in [0.1, 0.15) is 12.0 Å². The van der Waals surface area contributed by atoms with Crippen molar-refractivity contribution in [3.63, 3.8) is 0 Å². The highest BCUT2D eigenvalue weighted by atomic mass is 19.1. The van der Waals surface area contributed by atoms with Crippen LogP contribution in [0.15, 0.2) is 24.3 Å². The van der Waals surface area contributed by atoms with Gasteiger partial charge in [0.1, 0.15) is 11.6 Å². The second kappa shape index (κ2) is 4.11. The normalized spacial score (nSPS) is 17.7. The maximum absolute atomic E-state index is 13.4. The van der Waals surface area contributed by atoms with Gasteiger partial charge < -0.3 is 4.90 Å². The zero-order chi connectivity index (χ0) is 10.8. The van der Waals surface area contributed by atoms with Crippen molar-refractivity contribution in [1.29, 1.82) is 0 Å². The molecule has 1 aromatic rings. The van der Waals surface area contributed by atoms with E-state index < -0.39 is 11.6 Å². The van der Waals surface area contributed by atoms with Gasteiger partial charge in [-0.15, -0.1) is 0 Å². The standard InChI is InChI=1S/C12H13F2N/c1-15-7-5-9(6-8-15)12-10(13)3-2-4-11(12)14/h2-5H,6-8H2,1H3. The quantitative estimate of drug-likeness (QED) is 0.687. The summed E-state index contributed by atoms with van der Waals surface area (Å²) in [7, 11) is 1.99. The van der Waals surface area contributed by atoms with E-state index in [9.17, 15) is 8.78 Å². The van der Waals surface area contributed by atoms with Crippen molar-refractivity contribution in [3.05, 3.63) is 41.5 Å². The van der Waals surface area contributed by atoms with Crippen LogP contribution in [-0.2, 0) is 0 Å². The molecule has 0 saturated heterocycles. The van der Waals surface area contributed by atoms with E-state index >= 15 is 0 Å². The predicted octanol–water partition coefficient (Wildman–Crippen LogP) is 2.68. The van der Waals surface area contributed by atoms with Gasteiger partial charge in [0, 0.05) is 18.7 Å². The minimum Gasteiger partial charge on any atom is -0.302 e. The smallest absolute Gasteiger partial charge is 0.133 e. The van der Waals surface area contributed by atoms with Gasteiger partial charge in [0.05, 0.1) is 0 Å². The highest BCUT2D eigenvalue weighted by molar-refractivity contribution is 5.67. The molecule has 1 heterocycles. The predicted molar refractivity (Wildman–Crippen MR) is 56.4 cm³/mol. The van der Waals surface area contributed by atoms with Crippen molar-refractivity contribution in [2.45, 2.75) is 6.42 Å². The fraction of sp³-hybridized carbons (Fsp3) is 0.333. The van der Waals surface area contributed by atoms with Gasteiger partial charge in [-0.05, 0) is 31.2 Å². The SMILES string of the molecule is CN1CC=C(c2c(F)cccc2F)CC1. The summed E-state index contributed by atoms with van der Waals surface area (Å²) in [6, 6.07) is 4.00. The van der Waals surface area contributed by atoms with E-state index in [1.807, 2.05) is 13.1 Å². The van der Waals surface area contributed by atoms with Crippen LogP contribution in [0.3, 0.4) is 0 Å². The summed E-state index contributed by atoms with van der Waals surface area (Å²) in [5.41, 5.74) is 0.925. The van der Waals surface area contributed by atoms with E-state index in [0.29, 0.717) is 6.42 Å². The monoisotopic (exact) mass is 209 g/mol. The number of likely N-dealkylation sites (N-methyl/N-ethyl adjacent to an activating group) is 1. The Bertz CT molecular complexity index is 378. The maximum Gasteiger partial charge on any atom is 0.133 e. The molecule has 3 heteroatoms. The van der Waals surface area contributed by atoms with E-state index in [4.69, 9.17) is 0 Å². The lowest BCUT2D eigenvalue weighted by Gasteiger charge is -2.22. The van der Waals surface area contributed by atoms with Crippen LogP contribution in [0, 0.1) is 11.6 Å². The number of benzene rings is 1. The minimum absolute atomic E-state index is 0.144. The molecule has 1 aromatic carbocycles. The molecule has 0 fully saturated rings. The highest BCUT2D eigenvalue weighted by Crippen LogP contribution is 2.26. The fourth-order valence-corrected chi connectivity index (χ4v) is 1.80. The van der Waals surface area contributed by atoms with Gasteiger partial charge in [-0.2, -0.15) is 0 Å². The summed E-state index contributed by atoms with van der Waals surface area (Å²) >= 11 is 0. The van der Waals surface area contributed by atoms with Crippen molar-refractivity contribution in [3.8, 4) is 0 Å². The van der Waals surface area contributed by atoms with Crippen LogP contribution in [0.5, 0.6) is 0 Å². The first kappa shape index (κ1) is 10.3. The maximum atomic E-state index is 13.4. The molecular formula is C12H13F2N. The van der Waals surface area contributed by atoms with Crippen molar-refractivity contribution in [2.75, 3.05) is 20.1 Å². The Morgan fingerprint density at radius 2 is 1.87 bits per heavy atom. The third-order valence-corrected chi connectivity index (χ3v) is 2.70. The van der Waals surface area contributed by atoms with Gasteiger partial charge in [-0.3, -0.25) is 0 Å². The molecule has 1 aliphatic rings. The molecule has 0 bridgehead atoms. The highest BCUT2D eigenvalue weighted by Gasteiger charge is 2.16. The van der Waals surface area contributed by atoms with E-state index in [1.54, 1.807) is 0 Å². The Balaban J connectivity index is 2.38. The zero-order valence-corrected chi connectivity index (χ0v) is 8.63. The number of halogens is 2. The summed E-state index contributed by atoms with van der Waals surface area (Å²) in [4.78, 5) is 2.11. The van der Waals surface area contributed by atoms with Gasteiger partial charge in [-0.1, -0.05) is 12.1 Å². The molecule has 0 atom stereocenters. The van der Waals surface area contributed by atoms with Crippen LogP contribution >= 0.6 is 0 Å². The van der Waals surface area contributed by atoms with Crippen LogP contribution < -0.4 is 0 Å². The van der Waals surface area contributed by atoms with E-state index in [2.05, 4.69) is 4.90 Å². The Hall–Kier alpha value is -1.22. The largest absolute Gasteiger partial charge is 0.302 e. The Kier molecular flexibility index (Phi) is 2.82. The van der Waals surface area contributed by atoms with Crippen LogP contribution in [0.2, 0.25) is 0 Å². The topological polar surface area (TPSA) is 3.24 Å². The van der Waals surface area contributed by atoms with Crippen molar-refractivity contribution >= 4 is 5.57 Å². The third kappa shape index (κ3) is 2.07. The molecule has 0 saturated carbocycles. The zero-order valence-electron chi connectivity index (χ0n) is 8.63. The second-order valence-electron chi connectivity index (χ2n) is 3.84. The Labute approximate surface area is 88.0 Å². The lowest BCUT2D eigenvalue weighted by Crippen LogP contribution is -2.24. The first-order valence-corrected chi connectivity index (χ1v) is 5.00. The summed E-state index contributed by atoms with van der Waals surface area (Å²) in [6.07, 6.45) is 2.60. The van der Waals surface area contributed by atoms with Crippen molar-refractivity contribution < 1.29 is 8.78 Å². The molecule has 0 unspecified atom stereocenters. The number of nitrogens with zero attached hydrogens (tertiary/aromatic N) is 1. The van der Waals surface area contributed by atoms with E-state index in [1.165, 1.54) is 18.2 Å². The number of hydrogen-bond acceptors (Lipinski definition) is 1. The molecule has 0 aromatic heterocycles. The minimum atomic E-state index is -0.467. The van der Waals surface area contributed by atoms with E-state index in [0.717, 1.165) is 18.7 Å². The summed E-state index contributed by atoms with van der Waals surface area (Å²) < 4.78 is 26.9. The van der Waals surface area contributed by atoms with Gasteiger partial charge in [-0.25, -0.2) is 8.78 Å². The lowest BCUT2D eigenvalue weighted by atomic mass is 9.99. The average Bonchev–Trinajstić information content (AvgIpc) is 2.20. The fourth-order valence-electron chi connectivity index (χ4n) is 1.80. The molecule has 0 spiro atoms. The van der Waals surface area contributed by atoms with Crippen LogP contribution in [0.25, 0.3) is 5.57 Å². The first-order chi connectivity index (χ1) is 7.18. The molecule has 1 aliphatic heterocycles. The van der Waals surface area contributed by atoms with Gasteiger partial charge >= 0.3 is 0 Å². The molecule has 1 nitrogen and oxygen atoms in total. The Morgan fingerprint density at radius 3 is 2.40 bits per heavy atom. The van der Waals surface area contributed by atoms with Gasteiger partial charge in [0.2, 0.25) is 0 Å². The second-order valence-corrected chi connectivity index (χ2v) is 3.84. The first-order valence-electron chi connectivity index (χ1n) is 5.00. The van der Waals surface area contributed by atoms with Crippen molar-refractivity contribution in [1.82, 2.24) is 4.90 Å². The molecule has 15 heavy (non-hydrogen) atoms. The Morgan fingerprint density at radius 1 is 1.20 bits per heavy atom. The summed E-state index contributed by atoms with van der Waals surface area (Å²) in [5, 5.41) is 0. The summed E-state index contributed by atoms with van der Waals surface area (Å²) in [6.45, 7) is 1.60. The molecule has 0 amide bonds. The van der Waals surface area contributed by atoms with Crippen LogP contribution in [0.4, 0.5) is 8.78 Å². The average molecular weight is 209 g/mol. The molecule has 0 radical (unpaired) electrons. The molecule has 2 rings (SSSR count). The number of hydrogen-bond donors (Lipinski definition) is 0. The summed E-state index contributed by atoms with van der Waals surface area (Å²) in [5.74, 6) is -0.934. The van der Waals surface area contributed by atoms with E-state index in [-0.39, 0.29) is 5.56 Å². The van der Waals surface area contributed by atoms with Crippen LogP contribution in [-0.4, -0.2) is 25.0 Å². The number of rotatable bonds is 1. The molecule has 0 N–H and O–H groups in total. The lowest BCUT2D eigenvalue weighted by molar-refractivity contribution is 0.369. The molecule has 0 aliphatic carbocycles. The molecular weight excluding hydrogens is 196 g/mol. The van der Waals surface area contributed by atoms with Gasteiger partial charge in [0.15, 0.2) is 0 Å². The van der Waals surface area contributed by atoms with Crippen molar-refractivity contribution in [2.24, 2.45) is 0 Å². The third-order valence-electron chi connectivity index (χ3n) is 2.70.